The molecule has 1 fully saturated rings. The number of ketones is 1. The maximum Gasteiger partial charge on any atom is 0.243 e. The summed E-state index contributed by atoms with van der Waals surface area (Å²) in [6, 6.07) is 14.2. The number of sulfonamides is 1. The topological polar surface area (TPSA) is 104 Å². The van der Waals surface area contributed by atoms with Crippen LogP contribution in [0, 0.1) is 18.2 Å². The highest BCUT2D eigenvalue weighted by molar-refractivity contribution is 7.89. The van der Waals surface area contributed by atoms with Gasteiger partial charge in [-0.25, -0.2) is 17.5 Å². The number of rotatable bonds is 5. The van der Waals surface area contributed by atoms with Crippen molar-refractivity contribution in [1.29, 1.82) is 0 Å². The van der Waals surface area contributed by atoms with Crippen LogP contribution in [0.5, 0.6) is 11.5 Å². The normalized spacial score (nSPS) is 19.9. The number of fused-ring (bicyclic) bond motifs is 3. The SMILES string of the molecule is Cc1ccnc(C(=O)C23Cc4cnn(-c5ccc(F)cc5)c4C=C2CCN(S(=O)(=O)c2ccc4c(c2)OCCO4)C3)c1. The smallest absolute Gasteiger partial charge is 0.243 e. The minimum absolute atomic E-state index is 0.0504. The van der Waals surface area contributed by atoms with E-state index in [1.165, 1.54) is 28.6 Å². The molecule has 0 spiro atoms. The molecule has 42 heavy (non-hydrogen) atoms. The average molecular weight is 587 g/mol. The number of carbonyl (C=O) groups excluding carboxylic acids is 1. The second-order valence-electron chi connectivity index (χ2n) is 10.8. The maximum atomic E-state index is 14.4. The second kappa shape index (κ2) is 9.88. The molecule has 7 rings (SSSR count). The molecule has 2 aromatic heterocycles. The van der Waals surface area contributed by atoms with Gasteiger partial charge in [0.15, 0.2) is 17.3 Å². The van der Waals surface area contributed by atoms with E-state index in [2.05, 4.69) is 10.1 Å². The first kappa shape index (κ1) is 26.5. The van der Waals surface area contributed by atoms with Gasteiger partial charge in [-0.15, -0.1) is 0 Å². The number of Topliss-reactive ketones (excluding diaryl/α,β-unsaturated/α-hetero) is 1. The number of nitrogens with zero attached hydrogens (tertiary/aromatic N) is 4. The number of aryl methyl sites for hydroxylation is 1. The zero-order valence-electron chi connectivity index (χ0n) is 22.8. The first-order chi connectivity index (χ1) is 20.2. The van der Waals surface area contributed by atoms with Crippen molar-refractivity contribution in [2.24, 2.45) is 5.41 Å². The third-order valence-electron chi connectivity index (χ3n) is 8.19. The Labute approximate surface area is 242 Å². The monoisotopic (exact) mass is 586 g/mol. The Morgan fingerprint density at radius 3 is 2.60 bits per heavy atom. The molecule has 0 bridgehead atoms. The summed E-state index contributed by atoms with van der Waals surface area (Å²) in [4.78, 5) is 18.9. The fraction of sp³-hybridized carbons (Fsp3) is 0.258. The Hall–Kier alpha value is -4.35. The van der Waals surface area contributed by atoms with E-state index in [0.29, 0.717) is 36.8 Å². The lowest BCUT2D eigenvalue weighted by atomic mass is 9.65. The molecule has 4 aromatic rings. The minimum atomic E-state index is -3.99. The molecule has 2 aliphatic heterocycles. The van der Waals surface area contributed by atoms with Crippen LogP contribution < -0.4 is 9.47 Å². The number of hydrogen-bond acceptors (Lipinski definition) is 7. The number of carbonyl (C=O) groups is 1. The molecule has 0 radical (unpaired) electrons. The van der Waals surface area contributed by atoms with Crippen LogP contribution in [0.15, 0.2) is 77.5 Å². The summed E-state index contributed by atoms with van der Waals surface area (Å²) in [7, 11) is -3.99. The fourth-order valence-electron chi connectivity index (χ4n) is 6.05. The van der Waals surface area contributed by atoms with Gasteiger partial charge in [-0.05, 0) is 85.5 Å². The quantitative estimate of drug-likeness (QED) is 0.320. The van der Waals surface area contributed by atoms with Gasteiger partial charge in [0.1, 0.15) is 24.7 Å². The summed E-state index contributed by atoms with van der Waals surface area (Å²) in [6.07, 6.45) is 5.82. The summed E-state index contributed by atoms with van der Waals surface area (Å²) < 4.78 is 55.9. The van der Waals surface area contributed by atoms with Gasteiger partial charge in [-0.1, -0.05) is 5.57 Å². The van der Waals surface area contributed by atoms with Crippen LogP contribution in [-0.2, 0) is 16.4 Å². The summed E-state index contributed by atoms with van der Waals surface area (Å²) in [6.45, 7) is 2.77. The van der Waals surface area contributed by atoms with E-state index in [9.17, 15) is 17.6 Å². The molecule has 2 aromatic carbocycles. The van der Waals surface area contributed by atoms with Crippen LogP contribution >= 0.6 is 0 Å². The highest BCUT2D eigenvalue weighted by Gasteiger charge is 2.51. The number of pyridine rings is 1. The molecule has 1 saturated heterocycles. The number of piperidine rings is 1. The minimum Gasteiger partial charge on any atom is -0.486 e. The van der Waals surface area contributed by atoms with Crippen LogP contribution in [0.2, 0.25) is 0 Å². The molecule has 1 aliphatic carbocycles. The molecule has 1 unspecified atom stereocenters. The summed E-state index contributed by atoms with van der Waals surface area (Å²) in [5.41, 5.74) is 3.08. The van der Waals surface area contributed by atoms with Gasteiger partial charge in [-0.2, -0.15) is 9.40 Å². The van der Waals surface area contributed by atoms with Crippen molar-refractivity contribution < 1.29 is 27.1 Å². The van der Waals surface area contributed by atoms with Gasteiger partial charge in [0.05, 0.1) is 27.9 Å². The van der Waals surface area contributed by atoms with Gasteiger partial charge >= 0.3 is 0 Å². The molecule has 1 atom stereocenters. The predicted octanol–water partition coefficient (Wildman–Crippen LogP) is 4.39. The van der Waals surface area contributed by atoms with Crippen molar-refractivity contribution in [2.45, 2.75) is 24.7 Å². The number of hydrogen-bond donors (Lipinski definition) is 0. The van der Waals surface area contributed by atoms with Gasteiger partial charge in [0, 0.05) is 25.4 Å². The number of halogens is 1. The molecule has 0 amide bonds. The number of aromatic nitrogens is 3. The third kappa shape index (κ3) is 4.31. The Kier molecular flexibility index (Phi) is 6.25. The zero-order chi connectivity index (χ0) is 29.1. The lowest BCUT2D eigenvalue weighted by Crippen LogP contribution is -2.53. The standard InChI is InChI=1S/C31H27FN4O5S/c1-20-8-10-33-26(14-20)30(37)31-17-21-18-34-36(24-4-2-23(32)3-5-24)27(21)15-22(31)9-11-35(19-31)42(38,39)25-6-7-28-29(16-25)41-13-12-40-28/h2-8,10,14-16,18H,9,11-13,17,19H2,1H3. The van der Waals surface area contributed by atoms with Gasteiger partial charge in [0.25, 0.3) is 0 Å². The lowest BCUT2D eigenvalue weighted by Gasteiger charge is -2.44. The lowest BCUT2D eigenvalue weighted by molar-refractivity contribution is 0.0770. The molecular formula is C31H27FN4O5S. The summed E-state index contributed by atoms with van der Waals surface area (Å²) in [5.74, 6) is 0.295. The molecule has 4 heterocycles. The number of ether oxygens (including phenoxy) is 2. The van der Waals surface area contributed by atoms with E-state index in [4.69, 9.17) is 9.47 Å². The first-order valence-electron chi connectivity index (χ1n) is 13.7. The number of benzene rings is 2. The molecule has 214 valence electrons. The second-order valence-corrected chi connectivity index (χ2v) is 12.8. The van der Waals surface area contributed by atoms with Crippen molar-refractivity contribution in [1.82, 2.24) is 19.1 Å². The zero-order valence-corrected chi connectivity index (χ0v) is 23.6. The highest BCUT2D eigenvalue weighted by Crippen LogP contribution is 2.47. The van der Waals surface area contributed by atoms with Crippen molar-refractivity contribution in [3.63, 3.8) is 0 Å². The van der Waals surface area contributed by atoms with Crippen LogP contribution in [0.3, 0.4) is 0 Å². The summed E-state index contributed by atoms with van der Waals surface area (Å²) in [5, 5.41) is 4.55. The van der Waals surface area contributed by atoms with Crippen molar-refractivity contribution in [2.75, 3.05) is 26.3 Å². The Bertz CT molecular complexity index is 1870. The average Bonchev–Trinajstić information content (AvgIpc) is 3.41. The highest BCUT2D eigenvalue weighted by atomic mass is 32.2. The van der Waals surface area contributed by atoms with Gasteiger partial charge in [-0.3, -0.25) is 9.78 Å². The summed E-state index contributed by atoms with van der Waals surface area (Å²) >= 11 is 0. The van der Waals surface area contributed by atoms with Crippen LogP contribution in [0.1, 0.15) is 33.7 Å². The van der Waals surface area contributed by atoms with Crippen LogP contribution in [0.25, 0.3) is 11.8 Å². The van der Waals surface area contributed by atoms with E-state index in [-0.39, 0.29) is 41.7 Å². The van der Waals surface area contributed by atoms with E-state index in [1.54, 1.807) is 41.3 Å². The molecule has 0 saturated carbocycles. The maximum absolute atomic E-state index is 14.4. The fourth-order valence-corrected chi connectivity index (χ4v) is 7.56. The first-order valence-corrected chi connectivity index (χ1v) is 15.1. The molecule has 9 nitrogen and oxygen atoms in total. The van der Waals surface area contributed by atoms with E-state index >= 15 is 0 Å². The Balaban J connectivity index is 1.31. The molecule has 11 heteroatoms. The van der Waals surface area contributed by atoms with E-state index in [0.717, 1.165) is 22.4 Å². The third-order valence-corrected chi connectivity index (χ3v) is 10.0. The predicted molar refractivity (Wildman–Crippen MR) is 152 cm³/mol. The van der Waals surface area contributed by atoms with E-state index in [1.807, 2.05) is 19.1 Å². The van der Waals surface area contributed by atoms with Crippen LogP contribution in [0.4, 0.5) is 4.39 Å². The largest absolute Gasteiger partial charge is 0.486 e. The van der Waals surface area contributed by atoms with Crippen LogP contribution in [-0.4, -0.2) is 59.6 Å². The molecule has 0 N–H and O–H groups in total. The van der Waals surface area contributed by atoms with E-state index < -0.39 is 15.4 Å². The van der Waals surface area contributed by atoms with Crippen molar-refractivity contribution in [3.8, 4) is 17.2 Å². The molecule has 3 aliphatic rings. The Morgan fingerprint density at radius 2 is 1.81 bits per heavy atom. The van der Waals surface area contributed by atoms with Crippen molar-refractivity contribution >= 4 is 21.9 Å². The molecular weight excluding hydrogens is 559 g/mol. The van der Waals surface area contributed by atoms with Gasteiger partial charge in [0.2, 0.25) is 10.0 Å². The Morgan fingerprint density at radius 1 is 1.02 bits per heavy atom. The van der Waals surface area contributed by atoms with Crippen molar-refractivity contribution in [3.05, 3.63) is 101 Å². The van der Waals surface area contributed by atoms with Gasteiger partial charge < -0.3 is 9.47 Å².